The second-order valence-corrected chi connectivity index (χ2v) is 5.09. The monoisotopic (exact) mass is 276 g/mol. The van der Waals surface area contributed by atoms with Gasteiger partial charge in [-0.05, 0) is 24.3 Å². The Balaban J connectivity index is 2.03. The fourth-order valence-corrected chi connectivity index (χ4v) is 2.82. The van der Waals surface area contributed by atoms with E-state index in [0.717, 1.165) is 15.9 Å². The number of para-hydroxylation sites is 2. The van der Waals surface area contributed by atoms with Gasteiger partial charge in [0, 0.05) is 4.90 Å². The van der Waals surface area contributed by atoms with Crippen molar-refractivity contribution in [3.05, 3.63) is 53.6 Å². The van der Waals surface area contributed by atoms with Gasteiger partial charge in [0.2, 0.25) is 0 Å². The number of hydrogen-bond acceptors (Lipinski definition) is 4. The summed E-state index contributed by atoms with van der Waals surface area (Å²) in [5.41, 5.74) is 2.60. The lowest BCUT2D eigenvalue weighted by Gasteiger charge is -2.02. The maximum Gasteiger partial charge on any atom is 0.171 e. The maximum atomic E-state index is 9.20. The summed E-state index contributed by atoms with van der Waals surface area (Å²) in [6, 6.07) is 17.1. The fraction of sp³-hybridized carbons (Fsp3) is 0. The van der Waals surface area contributed by atoms with Gasteiger partial charge in [0.1, 0.15) is 12.1 Å². The van der Waals surface area contributed by atoms with Crippen LogP contribution in [-0.4, -0.2) is 9.97 Å². The van der Waals surface area contributed by atoms with Crippen LogP contribution in [0.2, 0.25) is 0 Å². The zero-order chi connectivity index (χ0) is 13.9. The molecule has 0 aliphatic rings. The number of H-pyrrole nitrogens is 1. The van der Waals surface area contributed by atoms with E-state index in [1.807, 2.05) is 36.4 Å². The number of aromatic amines is 1. The molecule has 94 valence electrons. The minimum atomic E-state index is 0.383. The Morgan fingerprint density at radius 3 is 2.60 bits per heavy atom. The molecule has 0 amide bonds. The Kier molecular flexibility index (Phi) is 3.12. The average Bonchev–Trinajstić information content (AvgIpc) is 2.89. The van der Waals surface area contributed by atoms with Crippen LogP contribution < -0.4 is 0 Å². The van der Waals surface area contributed by atoms with E-state index >= 15 is 0 Å². The summed E-state index contributed by atoms with van der Waals surface area (Å²) in [4.78, 5) is 8.37. The van der Waals surface area contributed by atoms with Gasteiger partial charge in [0.05, 0.1) is 22.2 Å². The molecular weight excluding hydrogens is 268 g/mol. The van der Waals surface area contributed by atoms with Crippen LogP contribution in [0.25, 0.3) is 11.0 Å². The van der Waals surface area contributed by atoms with Crippen LogP contribution in [0.3, 0.4) is 0 Å². The van der Waals surface area contributed by atoms with Gasteiger partial charge in [-0.25, -0.2) is 4.98 Å². The number of nitrogens with zero attached hydrogens (tertiary/aromatic N) is 3. The second kappa shape index (κ2) is 5.08. The minimum Gasteiger partial charge on any atom is -0.333 e. The molecule has 0 unspecified atom stereocenters. The number of rotatable bonds is 2. The number of fused-ring (bicyclic) bond motifs is 1. The predicted molar refractivity (Wildman–Crippen MR) is 76.1 cm³/mol. The molecule has 2 aromatic carbocycles. The van der Waals surface area contributed by atoms with Crippen LogP contribution in [0.15, 0.2) is 52.5 Å². The highest BCUT2D eigenvalue weighted by Gasteiger charge is 2.11. The summed E-state index contributed by atoms with van der Waals surface area (Å²) in [6.07, 6.45) is 0. The lowest BCUT2D eigenvalue weighted by molar-refractivity contribution is 1.08. The van der Waals surface area contributed by atoms with Crippen molar-refractivity contribution >= 4 is 22.8 Å². The molecular formula is C15H8N4S. The van der Waals surface area contributed by atoms with E-state index in [-0.39, 0.29) is 0 Å². The summed E-state index contributed by atoms with van der Waals surface area (Å²) in [6.45, 7) is 0. The third kappa shape index (κ3) is 2.11. The van der Waals surface area contributed by atoms with Crippen molar-refractivity contribution in [1.29, 1.82) is 10.5 Å². The summed E-state index contributed by atoms with van der Waals surface area (Å²) in [5.74, 6) is 0. The highest BCUT2D eigenvalue weighted by molar-refractivity contribution is 7.99. The Bertz CT molecular complexity index is 834. The van der Waals surface area contributed by atoms with Crippen LogP contribution in [0.1, 0.15) is 11.1 Å². The molecule has 3 rings (SSSR count). The molecule has 0 bridgehead atoms. The molecule has 0 spiro atoms. The molecule has 0 aliphatic carbocycles. The number of benzene rings is 2. The Morgan fingerprint density at radius 1 is 1.00 bits per heavy atom. The summed E-state index contributed by atoms with van der Waals surface area (Å²) < 4.78 is 0. The molecule has 0 radical (unpaired) electrons. The maximum absolute atomic E-state index is 9.20. The molecule has 1 aromatic heterocycles. The Hall–Kier alpha value is -2.76. The standard InChI is InChI=1S/C15H8N4S/c16-8-10-4-3-7-14(11(10)9-17)20-15-18-12-5-1-2-6-13(12)19-15/h1-7H,(H,18,19). The van der Waals surface area contributed by atoms with E-state index in [1.165, 1.54) is 11.8 Å². The quantitative estimate of drug-likeness (QED) is 0.777. The highest BCUT2D eigenvalue weighted by atomic mass is 32.2. The van der Waals surface area contributed by atoms with Crippen LogP contribution in [0.4, 0.5) is 0 Å². The number of aromatic nitrogens is 2. The largest absolute Gasteiger partial charge is 0.333 e. The van der Waals surface area contributed by atoms with Crippen LogP contribution >= 0.6 is 11.8 Å². The molecule has 0 saturated heterocycles. The molecule has 5 heteroatoms. The Morgan fingerprint density at radius 2 is 1.85 bits per heavy atom. The highest BCUT2D eigenvalue weighted by Crippen LogP contribution is 2.30. The minimum absolute atomic E-state index is 0.383. The predicted octanol–water partition coefficient (Wildman–Crippen LogP) is 3.46. The lowest BCUT2D eigenvalue weighted by Crippen LogP contribution is -1.87. The van der Waals surface area contributed by atoms with Crippen molar-refractivity contribution in [3.8, 4) is 12.1 Å². The molecule has 4 nitrogen and oxygen atoms in total. The first-order valence-corrected chi connectivity index (χ1v) is 6.69. The summed E-state index contributed by atoms with van der Waals surface area (Å²) in [5, 5.41) is 18.9. The van der Waals surface area contributed by atoms with Crippen LogP contribution in [-0.2, 0) is 0 Å². The Labute approximate surface area is 119 Å². The van der Waals surface area contributed by atoms with E-state index in [0.29, 0.717) is 16.3 Å². The van der Waals surface area contributed by atoms with Crippen molar-refractivity contribution in [2.45, 2.75) is 10.1 Å². The average molecular weight is 276 g/mol. The van der Waals surface area contributed by atoms with E-state index in [1.54, 1.807) is 12.1 Å². The molecule has 0 fully saturated rings. The second-order valence-electron chi connectivity index (χ2n) is 4.06. The van der Waals surface area contributed by atoms with Crippen molar-refractivity contribution in [2.24, 2.45) is 0 Å². The SMILES string of the molecule is N#Cc1cccc(Sc2nc3ccccc3[nH]2)c1C#N. The zero-order valence-electron chi connectivity index (χ0n) is 10.3. The first-order chi connectivity index (χ1) is 9.81. The number of nitrogens with one attached hydrogen (secondary N) is 1. The van der Waals surface area contributed by atoms with E-state index in [4.69, 9.17) is 5.26 Å². The smallest absolute Gasteiger partial charge is 0.171 e. The van der Waals surface area contributed by atoms with Gasteiger partial charge in [-0.3, -0.25) is 0 Å². The van der Waals surface area contributed by atoms with Gasteiger partial charge < -0.3 is 4.98 Å². The summed E-state index contributed by atoms with van der Waals surface area (Å²) >= 11 is 1.35. The summed E-state index contributed by atoms with van der Waals surface area (Å²) in [7, 11) is 0. The van der Waals surface area contributed by atoms with Crippen LogP contribution in [0.5, 0.6) is 0 Å². The van der Waals surface area contributed by atoms with Gasteiger partial charge in [-0.15, -0.1) is 0 Å². The lowest BCUT2D eigenvalue weighted by atomic mass is 10.1. The molecule has 0 atom stereocenters. The van der Waals surface area contributed by atoms with Crippen molar-refractivity contribution in [3.63, 3.8) is 0 Å². The molecule has 0 aliphatic heterocycles. The van der Waals surface area contributed by atoms with Crippen molar-refractivity contribution in [2.75, 3.05) is 0 Å². The third-order valence-corrected chi connectivity index (χ3v) is 3.78. The topological polar surface area (TPSA) is 76.3 Å². The molecule has 20 heavy (non-hydrogen) atoms. The first-order valence-electron chi connectivity index (χ1n) is 5.87. The van der Waals surface area contributed by atoms with E-state index < -0.39 is 0 Å². The first kappa shape index (κ1) is 12.3. The van der Waals surface area contributed by atoms with E-state index in [2.05, 4.69) is 16.0 Å². The van der Waals surface area contributed by atoms with Crippen molar-refractivity contribution < 1.29 is 0 Å². The number of imidazole rings is 1. The van der Waals surface area contributed by atoms with Gasteiger partial charge in [-0.1, -0.05) is 30.0 Å². The molecule has 1 heterocycles. The molecule has 3 aromatic rings. The third-order valence-electron chi connectivity index (χ3n) is 2.83. The van der Waals surface area contributed by atoms with Gasteiger partial charge >= 0.3 is 0 Å². The molecule has 1 N–H and O–H groups in total. The van der Waals surface area contributed by atoms with Gasteiger partial charge in [0.15, 0.2) is 5.16 Å². The van der Waals surface area contributed by atoms with Crippen molar-refractivity contribution in [1.82, 2.24) is 9.97 Å². The van der Waals surface area contributed by atoms with Gasteiger partial charge in [0.25, 0.3) is 0 Å². The number of nitriles is 2. The van der Waals surface area contributed by atoms with E-state index in [9.17, 15) is 5.26 Å². The van der Waals surface area contributed by atoms with Gasteiger partial charge in [-0.2, -0.15) is 10.5 Å². The normalized spacial score (nSPS) is 10.1. The number of hydrogen-bond donors (Lipinski definition) is 1. The zero-order valence-corrected chi connectivity index (χ0v) is 11.1. The van der Waals surface area contributed by atoms with Crippen LogP contribution in [0, 0.1) is 22.7 Å². The molecule has 0 saturated carbocycles. The fourth-order valence-electron chi connectivity index (χ4n) is 1.91.